The Balaban J connectivity index is 2.31. The van der Waals surface area contributed by atoms with Gasteiger partial charge >= 0.3 is 0 Å². The van der Waals surface area contributed by atoms with Crippen molar-refractivity contribution >= 4 is 27.7 Å². The molecule has 0 amide bonds. The molecule has 1 aliphatic rings. The van der Waals surface area contributed by atoms with Crippen LogP contribution in [0.15, 0.2) is 45.8 Å². The van der Waals surface area contributed by atoms with Crippen LogP contribution in [-0.4, -0.2) is 6.26 Å². The van der Waals surface area contributed by atoms with Gasteiger partial charge in [-0.05, 0) is 52.8 Å². The van der Waals surface area contributed by atoms with Crippen LogP contribution in [0.3, 0.4) is 0 Å². The summed E-state index contributed by atoms with van der Waals surface area (Å²) in [6, 6.07) is 13.4. The standard InChI is InChI=1S/C16H15BrS/c1-16(2)14-8-10(17)4-6-12(14)13-7-5-11(18-3)9-15(13)16/h4-9H,1-3H3. The molecular weight excluding hydrogens is 304 g/mol. The van der Waals surface area contributed by atoms with E-state index in [0.717, 1.165) is 4.47 Å². The van der Waals surface area contributed by atoms with Crippen molar-refractivity contribution < 1.29 is 0 Å². The molecular formula is C16H15BrS. The van der Waals surface area contributed by atoms with Gasteiger partial charge in [-0.2, -0.15) is 0 Å². The average molecular weight is 319 g/mol. The molecule has 0 N–H and O–H groups in total. The van der Waals surface area contributed by atoms with Crippen molar-refractivity contribution in [1.82, 2.24) is 0 Å². The van der Waals surface area contributed by atoms with Gasteiger partial charge in [0.1, 0.15) is 0 Å². The Bertz CT molecular complexity index is 629. The fourth-order valence-corrected chi connectivity index (χ4v) is 3.62. The predicted molar refractivity (Wildman–Crippen MR) is 83.5 cm³/mol. The van der Waals surface area contributed by atoms with E-state index in [0.29, 0.717) is 0 Å². The van der Waals surface area contributed by atoms with E-state index in [1.54, 1.807) is 0 Å². The lowest BCUT2D eigenvalue weighted by Crippen LogP contribution is -2.15. The SMILES string of the molecule is CSc1ccc2c(c1)C(C)(C)c1cc(Br)ccc1-2. The molecule has 0 unspecified atom stereocenters. The zero-order valence-corrected chi connectivity index (χ0v) is 13.2. The molecule has 0 bridgehead atoms. The lowest BCUT2D eigenvalue weighted by atomic mass is 9.82. The maximum absolute atomic E-state index is 3.59. The summed E-state index contributed by atoms with van der Waals surface area (Å²) in [6.45, 7) is 4.63. The molecule has 0 atom stereocenters. The molecule has 0 saturated heterocycles. The highest BCUT2D eigenvalue weighted by molar-refractivity contribution is 9.10. The average Bonchev–Trinajstić information content (AvgIpc) is 2.58. The van der Waals surface area contributed by atoms with Crippen LogP contribution in [-0.2, 0) is 5.41 Å². The molecule has 0 nitrogen and oxygen atoms in total. The normalized spacial score (nSPS) is 15.3. The van der Waals surface area contributed by atoms with Gasteiger partial charge in [0, 0.05) is 14.8 Å². The van der Waals surface area contributed by atoms with Gasteiger partial charge in [0.2, 0.25) is 0 Å². The molecule has 0 aliphatic heterocycles. The highest BCUT2D eigenvalue weighted by Gasteiger charge is 2.35. The van der Waals surface area contributed by atoms with Gasteiger partial charge in [0.25, 0.3) is 0 Å². The first-order valence-corrected chi connectivity index (χ1v) is 8.05. The second-order valence-electron chi connectivity index (χ2n) is 5.23. The molecule has 0 heterocycles. The van der Waals surface area contributed by atoms with Gasteiger partial charge in [-0.1, -0.05) is 41.9 Å². The lowest BCUT2D eigenvalue weighted by molar-refractivity contribution is 0.658. The van der Waals surface area contributed by atoms with Crippen LogP contribution in [0.2, 0.25) is 0 Å². The van der Waals surface area contributed by atoms with Gasteiger partial charge in [-0.3, -0.25) is 0 Å². The molecule has 1 aliphatic carbocycles. The molecule has 0 saturated carbocycles. The third-order valence-corrected chi connectivity index (χ3v) is 5.06. The van der Waals surface area contributed by atoms with Gasteiger partial charge in [-0.15, -0.1) is 11.8 Å². The Morgan fingerprint density at radius 3 is 2.22 bits per heavy atom. The van der Waals surface area contributed by atoms with E-state index in [-0.39, 0.29) is 5.41 Å². The molecule has 0 aromatic heterocycles. The van der Waals surface area contributed by atoms with E-state index in [1.807, 2.05) is 11.8 Å². The zero-order valence-electron chi connectivity index (χ0n) is 10.8. The minimum Gasteiger partial charge on any atom is -0.130 e. The summed E-state index contributed by atoms with van der Waals surface area (Å²) in [5, 5.41) is 0. The summed E-state index contributed by atoms with van der Waals surface area (Å²) < 4.78 is 1.16. The summed E-state index contributed by atoms with van der Waals surface area (Å²) in [7, 11) is 0. The number of hydrogen-bond donors (Lipinski definition) is 0. The van der Waals surface area contributed by atoms with Crippen LogP contribution in [0.1, 0.15) is 25.0 Å². The molecule has 18 heavy (non-hydrogen) atoms. The number of fused-ring (bicyclic) bond motifs is 3. The van der Waals surface area contributed by atoms with Crippen molar-refractivity contribution in [2.24, 2.45) is 0 Å². The van der Waals surface area contributed by atoms with E-state index in [9.17, 15) is 0 Å². The number of halogens is 1. The molecule has 0 spiro atoms. The first-order chi connectivity index (χ1) is 8.54. The summed E-state index contributed by atoms with van der Waals surface area (Å²) in [4.78, 5) is 1.34. The minimum absolute atomic E-state index is 0.0974. The third-order valence-electron chi connectivity index (χ3n) is 3.85. The van der Waals surface area contributed by atoms with Crippen LogP contribution in [0, 0.1) is 0 Å². The Labute approximate surface area is 121 Å². The first kappa shape index (κ1) is 12.3. The van der Waals surface area contributed by atoms with Crippen molar-refractivity contribution in [1.29, 1.82) is 0 Å². The van der Waals surface area contributed by atoms with E-state index in [4.69, 9.17) is 0 Å². The van der Waals surface area contributed by atoms with Crippen LogP contribution >= 0.6 is 27.7 Å². The summed E-state index contributed by atoms with van der Waals surface area (Å²) in [5.74, 6) is 0. The topological polar surface area (TPSA) is 0 Å². The Kier molecular flexibility index (Phi) is 2.83. The second-order valence-corrected chi connectivity index (χ2v) is 7.02. The molecule has 0 radical (unpaired) electrons. The molecule has 0 fully saturated rings. The monoisotopic (exact) mass is 318 g/mol. The van der Waals surface area contributed by atoms with Crippen LogP contribution in [0.4, 0.5) is 0 Å². The van der Waals surface area contributed by atoms with Crippen molar-refractivity contribution in [3.8, 4) is 11.1 Å². The number of thioether (sulfide) groups is 1. The summed E-state index contributed by atoms with van der Waals surface area (Å²) >= 11 is 5.39. The van der Waals surface area contributed by atoms with Gasteiger partial charge in [-0.25, -0.2) is 0 Å². The Morgan fingerprint density at radius 2 is 1.56 bits per heavy atom. The third kappa shape index (κ3) is 1.66. The first-order valence-electron chi connectivity index (χ1n) is 6.03. The molecule has 3 rings (SSSR count). The fourth-order valence-electron chi connectivity index (χ4n) is 2.82. The zero-order chi connectivity index (χ0) is 12.9. The molecule has 2 aromatic rings. The van der Waals surface area contributed by atoms with Crippen molar-refractivity contribution in [2.45, 2.75) is 24.2 Å². The number of benzene rings is 2. The van der Waals surface area contributed by atoms with Crippen LogP contribution in [0.5, 0.6) is 0 Å². The van der Waals surface area contributed by atoms with Crippen molar-refractivity contribution in [2.75, 3.05) is 6.26 Å². The van der Waals surface area contributed by atoms with E-state index < -0.39 is 0 Å². The highest BCUT2D eigenvalue weighted by atomic mass is 79.9. The quantitative estimate of drug-likeness (QED) is 0.627. The maximum atomic E-state index is 3.59. The Hall–Kier alpha value is -0.730. The van der Waals surface area contributed by atoms with Gasteiger partial charge in [0.05, 0.1) is 0 Å². The van der Waals surface area contributed by atoms with E-state index >= 15 is 0 Å². The van der Waals surface area contributed by atoms with E-state index in [2.05, 4.69) is 72.4 Å². The predicted octanol–water partition coefficient (Wildman–Crippen LogP) is 5.48. The van der Waals surface area contributed by atoms with E-state index in [1.165, 1.54) is 27.1 Å². The fraction of sp³-hybridized carbons (Fsp3) is 0.250. The van der Waals surface area contributed by atoms with Crippen molar-refractivity contribution in [3.05, 3.63) is 52.0 Å². The summed E-state index contributed by atoms with van der Waals surface area (Å²) in [5.41, 5.74) is 5.74. The van der Waals surface area contributed by atoms with Crippen LogP contribution in [0.25, 0.3) is 11.1 Å². The van der Waals surface area contributed by atoms with Crippen molar-refractivity contribution in [3.63, 3.8) is 0 Å². The number of hydrogen-bond acceptors (Lipinski definition) is 1. The maximum Gasteiger partial charge on any atom is 0.0178 e. The molecule has 2 heteroatoms. The lowest BCUT2D eigenvalue weighted by Gasteiger charge is -2.22. The highest BCUT2D eigenvalue weighted by Crippen LogP contribution is 2.49. The minimum atomic E-state index is 0.0974. The van der Waals surface area contributed by atoms with Crippen LogP contribution < -0.4 is 0 Å². The summed E-state index contributed by atoms with van der Waals surface area (Å²) in [6.07, 6.45) is 2.13. The van der Waals surface area contributed by atoms with Gasteiger partial charge < -0.3 is 0 Å². The largest absolute Gasteiger partial charge is 0.130 e. The molecule has 92 valence electrons. The smallest absolute Gasteiger partial charge is 0.0178 e. The number of rotatable bonds is 1. The Morgan fingerprint density at radius 1 is 0.944 bits per heavy atom. The van der Waals surface area contributed by atoms with Gasteiger partial charge in [0.15, 0.2) is 0 Å². The second kappa shape index (κ2) is 4.14. The molecule has 2 aromatic carbocycles.